The van der Waals surface area contributed by atoms with Gasteiger partial charge < -0.3 is 15.1 Å². The number of benzene rings is 2. The molecule has 104 valence electrons. The van der Waals surface area contributed by atoms with Crippen LogP contribution in [-0.4, -0.2) is 28.1 Å². The molecule has 0 radical (unpaired) electrons. The molecule has 4 nitrogen and oxygen atoms in total. The summed E-state index contributed by atoms with van der Waals surface area (Å²) in [5.74, 6) is 0.279. The summed E-state index contributed by atoms with van der Waals surface area (Å²) < 4.78 is 0. The summed E-state index contributed by atoms with van der Waals surface area (Å²) in [6, 6.07) is 11.6. The zero-order valence-corrected chi connectivity index (χ0v) is 11.5. The lowest BCUT2D eigenvalue weighted by Gasteiger charge is -2.18. The Bertz CT molecular complexity index is 620. The van der Waals surface area contributed by atoms with Crippen LogP contribution >= 0.6 is 0 Å². The summed E-state index contributed by atoms with van der Waals surface area (Å²) >= 11 is 0. The highest BCUT2D eigenvalue weighted by Gasteiger charge is 2.13. The van der Waals surface area contributed by atoms with Gasteiger partial charge in [-0.15, -0.1) is 0 Å². The fraction of sp³-hybridized carbons (Fsp3) is 0.188. The van der Waals surface area contributed by atoms with E-state index in [1.54, 1.807) is 55.3 Å². The number of aromatic hydroxyl groups is 2. The maximum atomic E-state index is 12.3. The molecule has 0 atom stereocenters. The molecule has 0 spiro atoms. The predicted octanol–water partition coefficient (Wildman–Crippen LogP) is 2.68. The molecule has 0 aromatic heterocycles. The first-order chi connectivity index (χ1) is 9.47. The number of hydrogen-bond donors (Lipinski definition) is 2. The zero-order chi connectivity index (χ0) is 14.7. The molecule has 2 N–H and O–H groups in total. The number of amides is 1. The fourth-order valence-electron chi connectivity index (χ4n) is 1.96. The zero-order valence-electron chi connectivity index (χ0n) is 11.5. The summed E-state index contributed by atoms with van der Waals surface area (Å²) in [4.78, 5) is 13.9. The van der Waals surface area contributed by atoms with Crippen molar-refractivity contribution in [1.82, 2.24) is 4.90 Å². The Morgan fingerprint density at radius 1 is 1.10 bits per heavy atom. The molecule has 0 heterocycles. The van der Waals surface area contributed by atoms with Crippen LogP contribution in [-0.2, 0) is 6.54 Å². The van der Waals surface area contributed by atoms with Crippen LogP contribution in [0.4, 0.5) is 0 Å². The topological polar surface area (TPSA) is 60.8 Å². The molecule has 0 bridgehead atoms. The van der Waals surface area contributed by atoms with Crippen molar-refractivity contribution < 1.29 is 15.0 Å². The van der Waals surface area contributed by atoms with Crippen LogP contribution in [0.15, 0.2) is 42.5 Å². The second kappa shape index (κ2) is 5.65. The summed E-state index contributed by atoms with van der Waals surface area (Å²) in [5.41, 5.74) is 2.16. The average molecular weight is 271 g/mol. The highest BCUT2D eigenvalue weighted by molar-refractivity contribution is 5.94. The maximum absolute atomic E-state index is 12.3. The lowest BCUT2D eigenvalue weighted by atomic mass is 10.1. The highest BCUT2D eigenvalue weighted by atomic mass is 16.3. The van der Waals surface area contributed by atoms with E-state index >= 15 is 0 Å². The second-order valence-corrected chi connectivity index (χ2v) is 4.83. The Morgan fingerprint density at radius 3 is 2.35 bits per heavy atom. The van der Waals surface area contributed by atoms with Crippen molar-refractivity contribution in [2.24, 2.45) is 0 Å². The van der Waals surface area contributed by atoms with E-state index < -0.39 is 0 Å². The van der Waals surface area contributed by atoms with Gasteiger partial charge in [-0.3, -0.25) is 4.79 Å². The number of aryl methyl sites for hydroxylation is 1. The van der Waals surface area contributed by atoms with Crippen LogP contribution in [0.1, 0.15) is 21.5 Å². The number of carbonyl (C=O) groups is 1. The van der Waals surface area contributed by atoms with Gasteiger partial charge in [-0.1, -0.05) is 12.1 Å². The smallest absolute Gasteiger partial charge is 0.253 e. The predicted molar refractivity (Wildman–Crippen MR) is 76.7 cm³/mol. The SMILES string of the molecule is Cc1cc(C(=O)N(C)Cc2ccc(O)cc2)ccc1O. The van der Waals surface area contributed by atoms with Crippen LogP contribution in [0.2, 0.25) is 0 Å². The molecule has 2 aromatic carbocycles. The molecule has 1 amide bonds. The third-order valence-electron chi connectivity index (χ3n) is 3.15. The lowest BCUT2D eigenvalue weighted by molar-refractivity contribution is 0.0785. The third-order valence-corrected chi connectivity index (χ3v) is 3.15. The molecule has 0 saturated heterocycles. The molecule has 0 aliphatic rings. The van der Waals surface area contributed by atoms with Crippen LogP contribution < -0.4 is 0 Å². The summed E-state index contributed by atoms with van der Waals surface area (Å²) in [6.45, 7) is 2.21. The number of hydrogen-bond acceptors (Lipinski definition) is 3. The van der Waals surface area contributed by atoms with Crippen LogP contribution in [0.3, 0.4) is 0 Å². The van der Waals surface area contributed by atoms with Crippen molar-refractivity contribution in [3.8, 4) is 11.5 Å². The van der Waals surface area contributed by atoms with Gasteiger partial charge in [-0.25, -0.2) is 0 Å². The summed E-state index contributed by atoms with van der Waals surface area (Å²) in [5, 5.41) is 18.7. The largest absolute Gasteiger partial charge is 0.508 e. The van der Waals surface area contributed by atoms with Crippen molar-refractivity contribution in [2.45, 2.75) is 13.5 Å². The first kappa shape index (κ1) is 13.9. The van der Waals surface area contributed by atoms with Gasteiger partial charge in [0.2, 0.25) is 0 Å². The second-order valence-electron chi connectivity index (χ2n) is 4.83. The molecule has 0 aliphatic carbocycles. The Hall–Kier alpha value is -2.49. The maximum Gasteiger partial charge on any atom is 0.253 e. The molecule has 4 heteroatoms. The van der Waals surface area contributed by atoms with Gasteiger partial charge in [0.1, 0.15) is 11.5 Å². The number of nitrogens with zero attached hydrogens (tertiary/aromatic N) is 1. The summed E-state index contributed by atoms with van der Waals surface area (Å²) in [7, 11) is 1.72. The monoisotopic (exact) mass is 271 g/mol. The highest BCUT2D eigenvalue weighted by Crippen LogP contribution is 2.18. The van der Waals surface area contributed by atoms with E-state index in [-0.39, 0.29) is 17.4 Å². The Kier molecular flexibility index (Phi) is 3.94. The third kappa shape index (κ3) is 3.09. The van der Waals surface area contributed by atoms with Gasteiger partial charge >= 0.3 is 0 Å². The fourth-order valence-corrected chi connectivity index (χ4v) is 1.96. The molecule has 2 rings (SSSR count). The van der Waals surface area contributed by atoms with Crippen molar-refractivity contribution in [3.05, 3.63) is 59.2 Å². The minimum Gasteiger partial charge on any atom is -0.508 e. The average Bonchev–Trinajstić information content (AvgIpc) is 2.43. The molecule has 0 unspecified atom stereocenters. The van der Waals surface area contributed by atoms with Gasteiger partial charge in [0.25, 0.3) is 5.91 Å². The molecule has 20 heavy (non-hydrogen) atoms. The van der Waals surface area contributed by atoms with E-state index in [1.165, 1.54) is 6.07 Å². The first-order valence-corrected chi connectivity index (χ1v) is 6.30. The number of phenols is 2. The van der Waals surface area contributed by atoms with Crippen molar-refractivity contribution in [2.75, 3.05) is 7.05 Å². The lowest BCUT2D eigenvalue weighted by Crippen LogP contribution is -2.26. The van der Waals surface area contributed by atoms with Crippen LogP contribution in [0.25, 0.3) is 0 Å². The minimum atomic E-state index is -0.110. The molecular weight excluding hydrogens is 254 g/mol. The molecule has 0 aliphatic heterocycles. The number of phenolic OH excluding ortho intramolecular Hbond substituents is 2. The molecule has 0 saturated carbocycles. The van der Waals surface area contributed by atoms with Gasteiger partial charge in [0, 0.05) is 19.2 Å². The first-order valence-electron chi connectivity index (χ1n) is 6.30. The van der Waals surface area contributed by atoms with Gasteiger partial charge in [-0.2, -0.15) is 0 Å². The number of carbonyl (C=O) groups excluding carboxylic acids is 1. The van der Waals surface area contributed by atoms with Gasteiger partial charge in [0.15, 0.2) is 0 Å². The van der Waals surface area contributed by atoms with E-state index in [2.05, 4.69) is 0 Å². The molecule has 2 aromatic rings. The number of rotatable bonds is 3. The van der Waals surface area contributed by atoms with Crippen LogP contribution in [0.5, 0.6) is 11.5 Å². The van der Waals surface area contributed by atoms with E-state index in [9.17, 15) is 15.0 Å². The van der Waals surface area contributed by atoms with E-state index in [0.717, 1.165) is 5.56 Å². The molecular formula is C16H17NO3. The summed E-state index contributed by atoms with van der Waals surface area (Å²) in [6.07, 6.45) is 0. The van der Waals surface area contributed by atoms with E-state index in [0.29, 0.717) is 17.7 Å². The quantitative estimate of drug-likeness (QED) is 0.902. The minimum absolute atomic E-state index is 0.110. The van der Waals surface area contributed by atoms with Crippen LogP contribution in [0, 0.1) is 6.92 Å². The molecule has 0 fully saturated rings. The van der Waals surface area contributed by atoms with Gasteiger partial charge in [-0.05, 0) is 48.4 Å². The normalized spacial score (nSPS) is 10.3. The Balaban J connectivity index is 2.11. The Morgan fingerprint density at radius 2 is 1.75 bits per heavy atom. The van der Waals surface area contributed by atoms with Crippen molar-refractivity contribution in [3.63, 3.8) is 0 Å². The Labute approximate surface area is 117 Å². The van der Waals surface area contributed by atoms with E-state index in [1.807, 2.05) is 0 Å². The standard InChI is InChI=1S/C16H17NO3/c1-11-9-13(5-8-15(11)19)16(20)17(2)10-12-3-6-14(18)7-4-12/h3-9,18-19H,10H2,1-2H3. The van der Waals surface area contributed by atoms with Crippen molar-refractivity contribution >= 4 is 5.91 Å². The van der Waals surface area contributed by atoms with Crippen molar-refractivity contribution in [1.29, 1.82) is 0 Å². The van der Waals surface area contributed by atoms with Gasteiger partial charge in [0.05, 0.1) is 0 Å². The van der Waals surface area contributed by atoms with E-state index in [4.69, 9.17) is 0 Å².